The van der Waals surface area contributed by atoms with Crippen molar-refractivity contribution in [3.8, 4) is 0 Å². The minimum Gasteiger partial charge on any atom is -0.333 e. The van der Waals surface area contributed by atoms with Gasteiger partial charge in [-0.15, -0.1) is 0 Å². The molecule has 2 rings (SSSR count). The first-order valence-electron chi connectivity index (χ1n) is 6.91. The second-order valence-electron chi connectivity index (χ2n) is 5.70. The Balaban J connectivity index is 2.17. The highest BCUT2D eigenvalue weighted by Crippen LogP contribution is 2.28. The van der Waals surface area contributed by atoms with Gasteiger partial charge in [-0.1, -0.05) is 0 Å². The number of imide groups is 2. The number of hydrogen-bond donors (Lipinski definition) is 0. The summed E-state index contributed by atoms with van der Waals surface area (Å²) in [5, 5.41) is 0. The fraction of sp³-hybridized carbons (Fsp3) is 0.615. The van der Waals surface area contributed by atoms with Crippen LogP contribution in [0.25, 0.3) is 0 Å². The van der Waals surface area contributed by atoms with E-state index in [4.69, 9.17) is 0 Å². The van der Waals surface area contributed by atoms with Crippen molar-refractivity contribution < 1.29 is 37.1 Å². The highest BCUT2D eigenvalue weighted by molar-refractivity contribution is 6.26. The topological polar surface area (TPSA) is 95.1 Å². The van der Waals surface area contributed by atoms with Crippen LogP contribution in [0, 0.1) is 11.8 Å². The van der Waals surface area contributed by atoms with Crippen LogP contribution in [-0.4, -0.2) is 77.6 Å². The normalized spacial score (nSPS) is 23.5. The summed E-state index contributed by atoms with van der Waals surface area (Å²) in [7, 11) is 2.17. The van der Waals surface area contributed by atoms with Crippen LogP contribution < -0.4 is 0 Å². The highest BCUT2D eigenvalue weighted by Gasteiger charge is 2.50. The number of barbiturate groups is 1. The maximum atomic E-state index is 12.4. The van der Waals surface area contributed by atoms with Crippen molar-refractivity contribution in [1.82, 2.24) is 14.7 Å². The van der Waals surface area contributed by atoms with Gasteiger partial charge in [-0.2, -0.15) is 13.2 Å². The molecule has 5 amide bonds. The number of carbonyl (C=O) groups is 5. The molecule has 2 fully saturated rings. The maximum absolute atomic E-state index is 12.4. The number of rotatable bonds is 3. The Morgan fingerprint density at radius 2 is 1.58 bits per heavy atom. The molecule has 132 valence electrons. The molecule has 2 aliphatic heterocycles. The van der Waals surface area contributed by atoms with E-state index in [9.17, 15) is 37.1 Å². The number of Topliss-reactive ketones (excluding diaryl/α,β-unsaturated/α-hetero) is 1. The van der Waals surface area contributed by atoms with Crippen molar-refractivity contribution in [2.45, 2.75) is 12.6 Å². The molecule has 0 bridgehead atoms. The molecule has 0 unspecified atom stereocenters. The van der Waals surface area contributed by atoms with E-state index in [0.29, 0.717) is 14.7 Å². The molecule has 2 aliphatic rings. The van der Waals surface area contributed by atoms with Gasteiger partial charge >= 0.3 is 12.2 Å². The van der Waals surface area contributed by atoms with Crippen LogP contribution in [0.3, 0.4) is 0 Å². The van der Waals surface area contributed by atoms with Crippen molar-refractivity contribution in [3.63, 3.8) is 0 Å². The zero-order valence-electron chi connectivity index (χ0n) is 12.8. The fourth-order valence-electron chi connectivity index (χ4n) is 2.72. The zero-order valence-corrected chi connectivity index (χ0v) is 12.8. The molecular weight excluding hydrogens is 335 g/mol. The van der Waals surface area contributed by atoms with Crippen LogP contribution in [-0.2, 0) is 19.2 Å². The van der Waals surface area contributed by atoms with E-state index in [0.717, 1.165) is 14.1 Å². The molecule has 11 heteroatoms. The molecule has 2 saturated heterocycles. The first kappa shape index (κ1) is 17.9. The summed E-state index contributed by atoms with van der Waals surface area (Å²) in [6.45, 7) is -2.02. The lowest BCUT2D eigenvalue weighted by Crippen LogP contribution is -2.59. The molecule has 8 nitrogen and oxygen atoms in total. The molecule has 0 spiro atoms. The molecule has 0 aromatic rings. The minimum atomic E-state index is -4.61. The summed E-state index contributed by atoms with van der Waals surface area (Å²) in [5.74, 6) is -6.94. The number of halogens is 3. The molecule has 0 aromatic carbocycles. The number of alkyl halides is 3. The van der Waals surface area contributed by atoms with Crippen LogP contribution in [0.5, 0.6) is 0 Å². The fourth-order valence-corrected chi connectivity index (χ4v) is 2.72. The smallest absolute Gasteiger partial charge is 0.333 e. The largest absolute Gasteiger partial charge is 0.406 e. The Hall–Kier alpha value is -2.46. The molecule has 2 heterocycles. The number of nitrogens with zero attached hydrogens (tertiary/aromatic N) is 3. The van der Waals surface area contributed by atoms with Gasteiger partial charge < -0.3 is 4.90 Å². The lowest BCUT2D eigenvalue weighted by molar-refractivity contribution is -0.157. The Bertz CT molecular complexity index is 609. The van der Waals surface area contributed by atoms with Gasteiger partial charge in [-0.25, -0.2) is 4.79 Å². The third kappa shape index (κ3) is 3.10. The van der Waals surface area contributed by atoms with E-state index in [1.54, 1.807) is 0 Å². The van der Waals surface area contributed by atoms with Crippen LogP contribution in [0.2, 0.25) is 0 Å². The molecular formula is C13H14F3N3O5. The number of likely N-dealkylation sites (tertiary alicyclic amines) is 1. The quantitative estimate of drug-likeness (QED) is 0.648. The van der Waals surface area contributed by atoms with Gasteiger partial charge in [0.05, 0.1) is 0 Å². The molecule has 1 atom stereocenters. The average Bonchev–Trinajstić information content (AvgIpc) is 2.82. The molecule has 0 saturated carbocycles. The van der Waals surface area contributed by atoms with E-state index in [2.05, 4.69) is 0 Å². The summed E-state index contributed by atoms with van der Waals surface area (Å²) >= 11 is 0. The lowest BCUT2D eigenvalue weighted by atomic mass is 9.89. The van der Waals surface area contributed by atoms with Gasteiger partial charge in [-0.05, 0) is 0 Å². The molecule has 24 heavy (non-hydrogen) atoms. The predicted molar refractivity (Wildman–Crippen MR) is 70.2 cm³/mol. The zero-order chi connectivity index (χ0) is 18.4. The third-order valence-corrected chi connectivity index (χ3v) is 4.00. The summed E-state index contributed by atoms with van der Waals surface area (Å²) in [6, 6.07) is -0.907. The van der Waals surface area contributed by atoms with Crippen LogP contribution in [0.15, 0.2) is 0 Å². The van der Waals surface area contributed by atoms with E-state index in [1.807, 2.05) is 0 Å². The summed E-state index contributed by atoms with van der Waals surface area (Å²) in [5.41, 5.74) is 0. The van der Waals surface area contributed by atoms with Crippen molar-refractivity contribution >= 4 is 29.5 Å². The third-order valence-electron chi connectivity index (χ3n) is 4.00. The first-order valence-corrected chi connectivity index (χ1v) is 6.91. The number of carbonyl (C=O) groups excluding carboxylic acids is 5. The Morgan fingerprint density at radius 3 is 2.04 bits per heavy atom. The number of ketones is 1. The maximum Gasteiger partial charge on any atom is 0.406 e. The van der Waals surface area contributed by atoms with Crippen molar-refractivity contribution in [2.75, 3.05) is 27.2 Å². The lowest BCUT2D eigenvalue weighted by Gasteiger charge is -2.32. The highest BCUT2D eigenvalue weighted by atomic mass is 19.4. The molecule has 0 N–H and O–H groups in total. The van der Waals surface area contributed by atoms with Crippen LogP contribution in [0.1, 0.15) is 6.42 Å². The van der Waals surface area contributed by atoms with Gasteiger partial charge in [0.2, 0.25) is 5.91 Å². The average molecular weight is 349 g/mol. The second kappa shape index (κ2) is 5.87. The van der Waals surface area contributed by atoms with Crippen LogP contribution >= 0.6 is 0 Å². The number of urea groups is 1. The second-order valence-corrected chi connectivity index (χ2v) is 5.70. The van der Waals surface area contributed by atoms with Gasteiger partial charge in [0.25, 0.3) is 11.8 Å². The number of amides is 5. The molecule has 0 radical (unpaired) electrons. The Kier molecular flexibility index (Phi) is 4.38. The molecule has 0 aromatic heterocycles. The predicted octanol–water partition coefficient (Wildman–Crippen LogP) is -0.367. The van der Waals surface area contributed by atoms with E-state index >= 15 is 0 Å². The van der Waals surface area contributed by atoms with Crippen LogP contribution in [0.4, 0.5) is 18.0 Å². The Labute approximate surface area is 134 Å². The van der Waals surface area contributed by atoms with Gasteiger partial charge in [0.15, 0.2) is 11.7 Å². The SMILES string of the molecule is CN1C(=O)C(C(=O)[C@@H]2CC(=O)N(CC(F)(F)F)C2)C(=O)N(C)C1=O. The number of hydrogen-bond acceptors (Lipinski definition) is 5. The van der Waals surface area contributed by atoms with Gasteiger partial charge in [-0.3, -0.25) is 29.0 Å². The summed E-state index contributed by atoms with van der Waals surface area (Å²) < 4.78 is 37.2. The van der Waals surface area contributed by atoms with E-state index < -0.39 is 67.1 Å². The minimum absolute atomic E-state index is 0.471. The van der Waals surface area contributed by atoms with Gasteiger partial charge in [0.1, 0.15) is 6.54 Å². The Morgan fingerprint density at radius 1 is 1.08 bits per heavy atom. The standard InChI is InChI=1S/C13H14F3N3O5/c1-17-10(22)8(11(23)18(2)12(17)24)9(21)6-3-7(20)19(4-6)5-13(14,15)16/h6,8H,3-5H2,1-2H3/t6-/m1/s1. The first-order chi connectivity index (χ1) is 10.9. The van der Waals surface area contributed by atoms with Crippen molar-refractivity contribution in [1.29, 1.82) is 0 Å². The van der Waals surface area contributed by atoms with E-state index in [1.165, 1.54) is 0 Å². The monoisotopic (exact) mass is 349 g/mol. The summed E-state index contributed by atoms with van der Waals surface area (Å²) in [4.78, 5) is 61.4. The van der Waals surface area contributed by atoms with Crippen molar-refractivity contribution in [2.24, 2.45) is 11.8 Å². The summed E-state index contributed by atoms with van der Waals surface area (Å²) in [6.07, 6.45) is -5.12. The van der Waals surface area contributed by atoms with Crippen molar-refractivity contribution in [3.05, 3.63) is 0 Å². The van der Waals surface area contributed by atoms with Gasteiger partial charge in [0, 0.05) is 33.0 Å². The van der Waals surface area contributed by atoms with E-state index in [-0.39, 0.29) is 0 Å². The molecule has 0 aliphatic carbocycles.